The van der Waals surface area contributed by atoms with Crippen LogP contribution in [-0.4, -0.2) is 75.0 Å². The van der Waals surface area contributed by atoms with Crippen LogP contribution < -0.4 is 4.90 Å². The third-order valence-electron chi connectivity index (χ3n) is 7.23. The Kier molecular flexibility index (Phi) is 6.48. The van der Waals surface area contributed by atoms with E-state index in [9.17, 15) is 4.79 Å². The van der Waals surface area contributed by atoms with Gasteiger partial charge in [0.15, 0.2) is 5.65 Å². The molecule has 200 valence electrons. The molecule has 1 aromatic carbocycles. The zero-order valence-electron chi connectivity index (χ0n) is 22.2. The minimum absolute atomic E-state index is 0.246. The van der Waals surface area contributed by atoms with Crippen LogP contribution in [0, 0.1) is 0 Å². The number of carbonyl (C=O) groups excluding carboxylic acids is 1. The number of carbonyl (C=O) groups is 1. The van der Waals surface area contributed by atoms with Crippen molar-refractivity contribution in [3.05, 3.63) is 78.2 Å². The topological polar surface area (TPSA) is 80.8 Å². The fourth-order valence-corrected chi connectivity index (χ4v) is 5.38. The van der Waals surface area contributed by atoms with Gasteiger partial charge in [-0.15, -0.1) is 0 Å². The van der Waals surface area contributed by atoms with Crippen molar-refractivity contribution in [3.63, 3.8) is 0 Å². The molecule has 5 aromatic rings. The Balaban J connectivity index is 1.53. The fourth-order valence-electron chi connectivity index (χ4n) is 5.38. The lowest BCUT2D eigenvalue weighted by molar-refractivity contribution is 0.0528. The second-order valence-corrected chi connectivity index (χ2v) is 9.98. The van der Waals surface area contributed by atoms with E-state index in [4.69, 9.17) is 9.72 Å². The van der Waals surface area contributed by atoms with Crippen LogP contribution in [-0.2, 0) is 11.3 Å². The number of ether oxygens (including phenoxy) is 1. The van der Waals surface area contributed by atoms with E-state index < -0.39 is 12.1 Å². The minimum atomic E-state index is -1.01. The summed E-state index contributed by atoms with van der Waals surface area (Å²) in [6, 6.07) is 15.6. The van der Waals surface area contributed by atoms with Gasteiger partial charge in [0.1, 0.15) is 23.2 Å². The predicted octanol–water partition coefficient (Wildman–Crippen LogP) is 4.38. The third-order valence-corrected chi connectivity index (χ3v) is 7.23. The van der Waals surface area contributed by atoms with E-state index in [1.807, 2.05) is 66.2 Å². The lowest BCUT2D eigenvalue weighted by Gasteiger charge is -2.21. The molecule has 0 saturated carbocycles. The number of hydrogen-bond donors (Lipinski definition) is 0. The molecule has 6 rings (SSSR count). The first-order valence-electron chi connectivity index (χ1n) is 13.0. The van der Waals surface area contributed by atoms with E-state index in [1.54, 1.807) is 17.6 Å². The van der Waals surface area contributed by atoms with Gasteiger partial charge in [0.25, 0.3) is 0 Å². The molecule has 0 N–H and O–H groups in total. The Morgan fingerprint density at radius 1 is 1.15 bits per heavy atom. The molecule has 1 aliphatic heterocycles. The maximum Gasteiger partial charge on any atom is 0.343 e. The second kappa shape index (κ2) is 10.1. The van der Waals surface area contributed by atoms with Crippen molar-refractivity contribution in [1.29, 1.82) is 0 Å². The molecule has 5 heterocycles. The van der Waals surface area contributed by atoms with E-state index in [1.165, 1.54) is 6.20 Å². The zero-order valence-corrected chi connectivity index (χ0v) is 22.2. The number of likely N-dealkylation sites (tertiary alicyclic amines) is 1. The normalized spacial score (nSPS) is 17.7. The van der Waals surface area contributed by atoms with E-state index in [0.717, 1.165) is 22.3 Å². The number of likely N-dealkylation sites (N-methyl/N-ethyl adjacent to an activating group) is 1. The molecule has 1 saturated heterocycles. The molecule has 9 nitrogen and oxygen atoms in total. The van der Waals surface area contributed by atoms with Gasteiger partial charge in [0.2, 0.25) is 0 Å². The van der Waals surface area contributed by atoms with Crippen LogP contribution in [0.25, 0.3) is 27.9 Å². The molecule has 39 heavy (non-hydrogen) atoms. The van der Waals surface area contributed by atoms with Crippen LogP contribution in [0.5, 0.6) is 0 Å². The van der Waals surface area contributed by atoms with Crippen LogP contribution in [0.2, 0.25) is 0 Å². The van der Waals surface area contributed by atoms with Crippen LogP contribution >= 0.6 is 0 Å². The van der Waals surface area contributed by atoms with Crippen LogP contribution in [0.15, 0.2) is 67.1 Å². The third kappa shape index (κ3) is 4.50. The number of pyridine rings is 1. The maximum atomic E-state index is 15.0. The molecule has 1 fully saturated rings. The minimum Gasteiger partial charge on any atom is -0.462 e. The van der Waals surface area contributed by atoms with Gasteiger partial charge in [0, 0.05) is 56.1 Å². The number of benzene rings is 1. The molecule has 1 aliphatic rings. The SMILES string of the molecule is CCOC(=O)c1cnn2c(N(C)Cc3ccccc3)cc(-c3cn([C@H]4CN(C)C[C@@H]4F)c4ncccc34)nc12. The molecule has 0 radical (unpaired) electrons. The van der Waals surface area contributed by atoms with Gasteiger partial charge in [-0.2, -0.15) is 9.61 Å². The van der Waals surface area contributed by atoms with Gasteiger partial charge in [-0.3, -0.25) is 0 Å². The largest absolute Gasteiger partial charge is 0.462 e. The van der Waals surface area contributed by atoms with Crippen molar-refractivity contribution < 1.29 is 13.9 Å². The average molecular weight is 528 g/mol. The lowest BCUT2D eigenvalue weighted by atomic mass is 10.1. The summed E-state index contributed by atoms with van der Waals surface area (Å²) in [5.74, 6) is 0.273. The summed E-state index contributed by atoms with van der Waals surface area (Å²) in [6.07, 6.45) is 4.15. The Bertz CT molecular complexity index is 1650. The monoisotopic (exact) mass is 527 g/mol. The van der Waals surface area contributed by atoms with Gasteiger partial charge in [-0.25, -0.2) is 19.2 Å². The summed E-state index contributed by atoms with van der Waals surface area (Å²) in [5, 5.41) is 5.37. The maximum absolute atomic E-state index is 15.0. The van der Waals surface area contributed by atoms with Crippen LogP contribution in [0.1, 0.15) is 28.9 Å². The number of hydrogen-bond acceptors (Lipinski definition) is 7. The van der Waals surface area contributed by atoms with E-state index in [-0.39, 0.29) is 18.2 Å². The molecule has 0 bridgehead atoms. The van der Waals surface area contributed by atoms with Crippen molar-refractivity contribution in [2.75, 3.05) is 38.7 Å². The number of halogens is 1. The Labute approximate surface area is 225 Å². The number of aromatic nitrogens is 5. The Morgan fingerprint density at radius 3 is 2.72 bits per heavy atom. The van der Waals surface area contributed by atoms with Gasteiger partial charge in [-0.05, 0) is 31.7 Å². The van der Waals surface area contributed by atoms with E-state index >= 15 is 4.39 Å². The zero-order chi connectivity index (χ0) is 27.1. The summed E-state index contributed by atoms with van der Waals surface area (Å²) in [6.45, 7) is 3.60. The summed E-state index contributed by atoms with van der Waals surface area (Å²) in [7, 11) is 3.90. The molecule has 0 unspecified atom stereocenters. The van der Waals surface area contributed by atoms with Crippen molar-refractivity contribution in [2.24, 2.45) is 0 Å². The summed E-state index contributed by atoms with van der Waals surface area (Å²) < 4.78 is 23.9. The van der Waals surface area contributed by atoms with Gasteiger partial charge < -0.3 is 19.1 Å². The average Bonchev–Trinajstić information content (AvgIpc) is 3.63. The summed E-state index contributed by atoms with van der Waals surface area (Å²) in [5.41, 5.74) is 3.97. The van der Waals surface area contributed by atoms with Crippen LogP contribution in [0.4, 0.5) is 10.2 Å². The molecular weight excluding hydrogens is 497 g/mol. The first kappa shape index (κ1) is 25.0. The smallest absolute Gasteiger partial charge is 0.343 e. The fraction of sp³-hybridized carbons (Fsp3) is 0.310. The molecule has 4 aromatic heterocycles. The van der Waals surface area contributed by atoms with Crippen LogP contribution in [0.3, 0.4) is 0 Å². The van der Waals surface area contributed by atoms with Crippen molar-refractivity contribution in [3.8, 4) is 11.3 Å². The second-order valence-electron chi connectivity index (χ2n) is 9.98. The highest BCUT2D eigenvalue weighted by Crippen LogP contribution is 2.36. The molecular formula is C29H30FN7O2. The molecule has 0 aliphatic carbocycles. The first-order chi connectivity index (χ1) is 18.9. The number of anilines is 1. The lowest BCUT2D eigenvalue weighted by Crippen LogP contribution is -2.20. The number of rotatable bonds is 7. The number of nitrogens with zero attached hydrogens (tertiary/aromatic N) is 7. The van der Waals surface area contributed by atoms with Gasteiger partial charge in [0.05, 0.1) is 24.5 Å². The molecule has 10 heteroatoms. The predicted molar refractivity (Wildman–Crippen MR) is 148 cm³/mol. The number of esters is 1. The highest BCUT2D eigenvalue weighted by molar-refractivity contribution is 5.98. The summed E-state index contributed by atoms with van der Waals surface area (Å²) >= 11 is 0. The van der Waals surface area contributed by atoms with Gasteiger partial charge >= 0.3 is 5.97 Å². The highest BCUT2D eigenvalue weighted by Gasteiger charge is 2.34. The Morgan fingerprint density at radius 2 is 1.97 bits per heavy atom. The number of fused-ring (bicyclic) bond motifs is 2. The first-order valence-corrected chi connectivity index (χ1v) is 13.0. The van der Waals surface area contributed by atoms with Crippen molar-refractivity contribution in [2.45, 2.75) is 25.7 Å². The van der Waals surface area contributed by atoms with E-state index in [0.29, 0.717) is 36.6 Å². The molecule has 0 amide bonds. The van der Waals surface area contributed by atoms with Crippen molar-refractivity contribution in [1.82, 2.24) is 29.0 Å². The van der Waals surface area contributed by atoms with Gasteiger partial charge in [-0.1, -0.05) is 30.3 Å². The standard InChI is InChI=1S/C29H30FN7O2/c1-4-39-29(38)21-14-32-37-26(35(3)15-19-9-6-5-7-10-19)13-24(33-28(21)37)22-16-36(25-18-34(2)17-23(25)30)27-20(22)11-8-12-31-27/h5-14,16,23,25H,4,15,17-18H2,1-3H3/t23-,25-/m0/s1. The quantitative estimate of drug-likeness (QED) is 0.291. The summed E-state index contributed by atoms with van der Waals surface area (Å²) in [4.78, 5) is 26.4. The highest BCUT2D eigenvalue weighted by atomic mass is 19.1. The van der Waals surface area contributed by atoms with Crippen molar-refractivity contribution >= 4 is 28.5 Å². The number of alkyl halides is 1. The molecule has 0 spiro atoms. The Hall–Kier alpha value is -4.31. The molecule has 2 atom stereocenters. The van der Waals surface area contributed by atoms with E-state index in [2.05, 4.69) is 27.1 Å².